The van der Waals surface area contributed by atoms with Gasteiger partial charge in [-0.15, -0.1) is 0 Å². The number of rotatable bonds is 7. The number of halogens is 1. The second kappa shape index (κ2) is 10.8. The fraction of sp³-hybridized carbons (Fsp3) is 0.379. The number of pyridine rings is 1. The molecule has 0 aliphatic carbocycles. The summed E-state index contributed by atoms with van der Waals surface area (Å²) >= 11 is 0. The Balaban J connectivity index is 2.05. The molecular formula is C29H33FN2O6. The molecule has 0 amide bonds. The number of fused-ring (bicyclic) bond motifs is 1. The van der Waals surface area contributed by atoms with Crippen molar-refractivity contribution in [1.82, 2.24) is 4.98 Å². The topological polar surface area (TPSA) is 115 Å². The van der Waals surface area contributed by atoms with Gasteiger partial charge >= 0.3 is 17.9 Å². The Morgan fingerprint density at radius 2 is 1.53 bits per heavy atom. The predicted octanol–water partition coefficient (Wildman–Crippen LogP) is 5.69. The van der Waals surface area contributed by atoms with Gasteiger partial charge in [0.2, 0.25) is 0 Å². The molecule has 0 spiro atoms. The lowest BCUT2D eigenvalue weighted by atomic mass is 9.97. The maximum atomic E-state index is 14.5. The maximum absolute atomic E-state index is 14.5. The molecule has 9 heteroatoms. The number of anilines is 1. The maximum Gasteiger partial charge on any atom is 0.330 e. The first-order valence-electron chi connectivity index (χ1n) is 12.2. The van der Waals surface area contributed by atoms with Gasteiger partial charge in [-0.1, -0.05) is 23.8 Å². The summed E-state index contributed by atoms with van der Waals surface area (Å²) in [7, 11) is 0. The van der Waals surface area contributed by atoms with Crippen molar-refractivity contribution in [1.29, 1.82) is 0 Å². The minimum Gasteiger partial charge on any atom is -0.479 e. The molecule has 0 radical (unpaired) electrons. The molecule has 0 saturated carbocycles. The number of carboxylic acids is 1. The Morgan fingerprint density at radius 1 is 0.921 bits per heavy atom. The molecule has 1 unspecified atom stereocenters. The number of aliphatic carboxylic acids is 1. The number of nitrogens with one attached hydrogen (secondary N) is 1. The van der Waals surface area contributed by atoms with Crippen molar-refractivity contribution in [3.05, 3.63) is 71.3 Å². The lowest BCUT2D eigenvalue weighted by Gasteiger charge is -2.26. The Bertz CT molecular complexity index is 1350. The van der Waals surface area contributed by atoms with Gasteiger partial charge in [0.15, 0.2) is 12.0 Å². The molecule has 3 aromatic rings. The summed E-state index contributed by atoms with van der Waals surface area (Å²) in [6.07, 6.45) is 1.44. The average molecular weight is 525 g/mol. The van der Waals surface area contributed by atoms with Crippen molar-refractivity contribution >= 4 is 34.4 Å². The lowest BCUT2D eigenvalue weighted by molar-refractivity contribution is -0.169. The molecular weight excluding hydrogens is 491 g/mol. The molecule has 0 bridgehead atoms. The van der Waals surface area contributed by atoms with Gasteiger partial charge in [-0.05, 0) is 78.1 Å². The van der Waals surface area contributed by atoms with Gasteiger partial charge in [-0.2, -0.15) is 0 Å². The SMILES string of the molecule is Cc1ccc(F)c(C(Nc2ccc3c(C(C(=O)OC(C)(C)C)C(=O)OC(C)(C)C)nccc3c2)C(=O)O)c1. The first-order valence-corrected chi connectivity index (χ1v) is 12.2. The summed E-state index contributed by atoms with van der Waals surface area (Å²) in [5.41, 5.74) is -0.431. The predicted molar refractivity (Wildman–Crippen MR) is 141 cm³/mol. The van der Waals surface area contributed by atoms with Crippen LogP contribution in [0.1, 0.15) is 70.3 Å². The molecule has 0 saturated heterocycles. The second-order valence-electron chi connectivity index (χ2n) is 11.1. The van der Waals surface area contributed by atoms with Crippen LogP contribution in [0.15, 0.2) is 48.7 Å². The van der Waals surface area contributed by atoms with Gasteiger partial charge in [-0.25, -0.2) is 9.18 Å². The molecule has 8 nitrogen and oxygen atoms in total. The molecule has 1 atom stereocenters. The van der Waals surface area contributed by atoms with E-state index in [0.717, 1.165) is 5.56 Å². The van der Waals surface area contributed by atoms with E-state index >= 15 is 0 Å². The van der Waals surface area contributed by atoms with Crippen molar-refractivity contribution in [3.63, 3.8) is 0 Å². The van der Waals surface area contributed by atoms with Crippen LogP contribution in [0.4, 0.5) is 10.1 Å². The van der Waals surface area contributed by atoms with E-state index in [1.54, 1.807) is 78.8 Å². The molecule has 1 aromatic heterocycles. The number of aromatic nitrogens is 1. The van der Waals surface area contributed by atoms with Crippen molar-refractivity contribution in [3.8, 4) is 0 Å². The van der Waals surface area contributed by atoms with E-state index in [2.05, 4.69) is 10.3 Å². The van der Waals surface area contributed by atoms with E-state index in [0.29, 0.717) is 16.5 Å². The number of hydrogen-bond acceptors (Lipinski definition) is 7. The van der Waals surface area contributed by atoms with Crippen LogP contribution in [0.2, 0.25) is 0 Å². The average Bonchev–Trinajstić information content (AvgIpc) is 2.76. The third kappa shape index (κ3) is 7.06. The van der Waals surface area contributed by atoms with E-state index < -0.39 is 46.9 Å². The van der Waals surface area contributed by atoms with Crippen LogP contribution in [0.5, 0.6) is 0 Å². The summed E-state index contributed by atoms with van der Waals surface area (Å²) in [4.78, 5) is 42.7. The number of nitrogens with zero attached hydrogens (tertiary/aromatic N) is 1. The molecule has 2 aromatic carbocycles. The van der Waals surface area contributed by atoms with Gasteiger partial charge < -0.3 is 19.9 Å². The Kier molecular flexibility index (Phi) is 8.09. The number of esters is 2. The fourth-order valence-electron chi connectivity index (χ4n) is 3.89. The van der Waals surface area contributed by atoms with Gasteiger partial charge in [0.25, 0.3) is 0 Å². The summed E-state index contributed by atoms with van der Waals surface area (Å²) in [5.74, 6) is -4.92. The first kappa shape index (κ1) is 28.6. The van der Waals surface area contributed by atoms with Crippen molar-refractivity contribution in [2.75, 3.05) is 5.32 Å². The van der Waals surface area contributed by atoms with E-state index in [1.165, 1.54) is 18.3 Å². The number of carboxylic acid groups (broad SMARTS) is 1. The number of aryl methyl sites for hydroxylation is 1. The minimum atomic E-state index is -1.44. The van der Waals surface area contributed by atoms with Crippen LogP contribution in [0, 0.1) is 12.7 Å². The molecule has 38 heavy (non-hydrogen) atoms. The Morgan fingerprint density at radius 3 is 2.08 bits per heavy atom. The van der Waals surface area contributed by atoms with Crippen LogP contribution in [0.3, 0.4) is 0 Å². The Labute approximate surface area is 221 Å². The highest BCUT2D eigenvalue weighted by atomic mass is 19.1. The monoisotopic (exact) mass is 524 g/mol. The molecule has 0 aliphatic rings. The first-order chi connectivity index (χ1) is 17.6. The van der Waals surface area contributed by atoms with Crippen LogP contribution in [0.25, 0.3) is 10.8 Å². The normalized spacial score (nSPS) is 12.8. The third-order valence-electron chi connectivity index (χ3n) is 5.37. The van der Waals surface area contributed by atoms with Crippen LogP contribution in [-0.2, 0) is 23.9 Å². The van der Waals surface area contributed by atoms with E-state index in [9.17, 15) is 23.9 Å². The van der Waals surface area contributed by atoms with Crippen molar-refractivity contribution in [2.24, 2.45) is 0 Å². The fourth-order valence-corrected chi connectivity index (χ4v) is 3.89. The summed E-state index contributed by atoms with van der Waals surface area (Å²) < 4.78 is 25.5. The quantitative estimate of drug-likeness (QED) is 0.299. The number of ether oxygens (including phenoxy) is 2. The molecule has 0 aliphatic heterocycles. The van der Waals surface area contributed by atoms with Crippen LogP contribution >= 0.6 is 0 Å². The molecule has 2 N–H and O–H groups in total. The molecule has 1 heterocycles. The smallest absolute Gasteiger partial charge is 0.330 e. The zero-order valence-corrected chi connectivity index (χ0v) is 22.6. The number of carbonyl (C=O) groups excluding carboxylic acids is 2. The second-order valence-corrected chi connectivity index (χ2v) is 11.1. The number of benzene rings is 2. The van der Waals surface area contributed by atoms with Gasteiger partial charge in [0, 0.05) is 22.8 Å². The molecule has 3 rings (SSSR count). The zero-order chi connectivity index (χ0) is 28.4. The molecule has 202 valence electrons. The van der Waals surface area contributed by atoms with Crippen molar-refractivity contribution < 1.29 is 33.4 Å². The van der Waals surface area contributed by atoms with E-state index in [-0.39, 0.29) is 11.3 Å². The minimum absolute atomic E-state index is 0.00271. The number of carbonyl (C=O) groups is 3. The van der Waals surface area contributed by atoms with Gasteiger partial charge in [0.1, 0.15) is 17.0 Å². The number of hydrogen-bond donors (Lipinski definition) is 2. The summed E-state index contributed by atoms with van der Waals surface area (Å²) in [6.45, 7) is 11.9. The van der Waals surface area contributed by atoms with E-state index in [1.807, 2.05) is 0 Å². The standard InChI is InChI=1S/C29H33FN2O6/c1-16-8-11-21(30)20(14-16)24(25(33)34)32-18-9-10-19-17(15-18)12-13-31-23(19)22(26(35)37-28(2,3)4)27(36)38-29(5,6)7/h8-15,22,24,32H,1-7H3,(H,33,34). The third-order valence-corrected chi connectivity index (χ3v) is 5.37. The van der Waals surface area contributed by atoms with Gasteiger partial charge in [-0.3, -0.25) is 14.6 Å². The molecule has 0 fully saturated rings. The summed E-state index contributed by atoms with van der Waals surface area (Å²) in [5, 5.41) is 13.7. The van der Waals surface area contributed by atoms with Crippen LogP contribution in [-0.4, -0.2) is 39.2 Å². The van der Waals surface area contributed by atoms with E-state index in [4.69, 9.17) is 9.47 Å². The lowest BCUT2D eigenvalue weighted by Crippen LogP contribution is -2.36. The highest BCUT2D eigenvalue weighted by Crippen LogP contribution is 2.32. The highest BCUT2D eigenvalue weighted by molar-refractivity contribution is 6.04. The van der Waals surface area contributed by atoms with Gasteiger partial charge in [0.05, 0.1) is 5.69 Å². The highest BCUT2D eigenvalue weighted by Gasteiger charge is 2.38. The Hall–Kier alpha value is -4.01. The summed E-state index contributed by atoms with van der Waals surface area (Å²) in [6, 6.07) is 9.44. The zero-order valence-electron chi connectivity index (χ0n) is 22.6. The largest absolute Gasteiger partial charge is 0.479 e. The van der Waals surface area contributed by atoms with Crippen molar-refractivity contribution in [2.45, 2.75) is 71.6 Å². The van der Waals surface area contributed by atoms with Crippen LogP contribution < -0.4 is 5.32 Å².